The zero-order valence-electron chi connectivity index (χ0n) is 9.95. The molecule has 6 heteroatoms. The van der Waals surface area contributed by atoms with Gasteiger partial charge in [0, 0.05) is 0 Å². The van der Waals surface area contributed by atoms with Crippen LogP contribution in [0.3, 0.4) is 0 Å². The lowest BCUT2D eigenvalue weighted by atomic mass is 11.0. The quantitative estimate of drug-likeness (QED) is 0.612. The van der Waals surface area contributed by atoms with Gasteiger partial charge in [-0.3, -0.25) is 0 Å². The molecule has 15 heavy (non-hydrogen) atoms. The molecule has 90 valence electrons. The fraction of sp³-hybridized carbons (Fsp3) is 0.667. The fourth-order valence-electron chi connectivity index (χ4n) is 0. The molecule has 6 nitrogen and oxygen atoms in total. The highest BCUT2D eigenvalue weighted by Crippen LogP contribution is 1.15. The molecule has 0 bridgehead atoms. The molecule has 0 heterocycles. The van der Waals surface area contributed by atoms with Gasteiger partial charge in [0.2, 0.25) is 0 Å². The molecule has 0 aliphatic carbocycles. The van der Waals surface area contributed by atoms with Gasteiger partial charge in [-0.25, -0.2) is 0 Å². The molecule has 0 aliphatic rings. The van der Waals surface area contributed by atoms with Crippen molar-refractivity contribution in [1.29, 1.82) is 0 Å². The van der Waals surface area contributed by atoms with E-state index in [2.05, 4.69) is 0 Å². The van der Waals surface area contributed by atoms with Crippen molar-refractivity contribution in [3.05, 3.63) is 0 Å². The predicted molar refractivity (Wildman–Crippen MR) is 49.1 cm³/mol. The Kier molecular flexibility index (Phi) is 2940. The van der Waals surface area contributed by atoms with Crippen LogP contribution < -0.4 is 0 Å². The molecular formula is C9H18O6. The third-order valence-electron chi connectivity index (χ3n) is 0. The van der Waals surface area contributed by atoms with E-state index in [-0.39, 0.29) is 18.5 Å². The molecule has 0 N–H and O–H groups in total. The minimum Gasteiger partial charge on any atom is -0.186 e. The molecule has 0 fully saturated rings. The summed E-state index contributed by atoms with van der Waals surface area (Å²) >= 11 is 0. The van der Waals surface area contributed by atoms with Crippen molar-refractivity contribution in [3.63, 3.8) is 0 Å². The summed E-state index contributed by atoms with van der Waals surface area (Å²) in [6.45, 7) is 12.0. The van der Waals surface area contributed by atoms with E-state index in [4.69, 9.17) is 28.8 Å². The first-order chi connectivity index (χ1) is 7.24. The minimum atomic E-state index is 0.250. The Morgan fingerprint density at radius 3 is 0.400 bits per heavy atom. The normalized spacial score (nSPS) is 2.80. The molecular weight excluding hydrogens is 204 g/mol. The molecule has 0 aliphatic heterocycles. The molecule has 0 saturated heterocycles. The summed E-state index contributed by atoms with van der Waals surface area (Å²) in [7, 11) is 0. The Morgan fingerprint density at radius 2 is 0.400 bits per heavy atom. The standard InChI is InChI=1S/3C2H6.3CO2/c3*1-2;3*2-1-3/h3*1-2H3;;;. The summed E-state index contributed by atoms with van der Waals surface area (Å²) in [5.74, 6) is 0. The van der Waals surface area contributed by atoms with Crippen molar-refractivity contribution in [1.82, 2.24) is 0 Å². The molecule has 0 spiro atoms. The van der Waals surface area contributed by atoms with Crippen molar-refractivity contribution in [2.75, 3.05) is 0 Å². The molecule has 0 saturated carbocycles. The van der Waals surface area contributed by atoms with E-state index in [1.165, 1.54) is 0 Å². The predicted octanol–water partition coefficient (Wildman–Crippen LogP) is 1.33. The molecule has 0 aromatic rings. The lowest BCUT2D eigenvalue weighted by Crippen LogP contribution is -1.22. The molecule has 0 aromatic carbocycles. The Balaban J connectivity index is -0.0000000164. The van der Waals surface area contributed by atoms with Gasteiger partial charge in [0.25, 0.3) is 0 Å². The van der Waals surface area contributed by atoms with Crippen LogP contribution in [0.25, 0.3) is 0 Å². The Morgan fingerprint density at radius 1 is 0.400 bits per heavy atom. The second kappa shape index (κ2) is 1160. The van der Waals surface area contributed by atoms with Gasteiger partial charge in [-0.05, 0) is 0 Å². The second-order valence-electron chi connectivity index (χ2n) is 0.250. The average Bonchev–Trinajstić information content (AvgIpc) is 2.29. The maximum atomic E-state index is 8.12. The van der Waals surface area contributed by atoms with Crippen LogP contribution in [0.5, 0.6) is 0 Å². The summed E-state index contributed by atoms with van der Waals surface area (Å²) in [6, 6.07) is 0. The first kappa shape index (κ1) is 38.0. The molecule has 0 amide bonds. The van der Waals surface area contributed by atoms with Crippen molar-refractivity contribution >= 4 is 18.5 Å². The molecule has 0 radical (unpaired) electrons. The smallest absolute Gasteiger partial charge is 0.186 e. The zero-order valence-corrected chi connectivity index (χ0v) is 9.95. The number of hydrogen-bond acceptors (Lipinski definition) is 6. The second-order valence-corrected chi connectivity index (χ2v) is 0.250. The topological polar surface area (TPSA) is 102 Å². The van der Waals surface area contributed by atoms with E-state index in [0.717, 1.165) is 0 Å². The van der Waals surface area contributed by atoms with E-state index >= 15 is 0 Å². The lowest BCUT2D eigenvalue weighted by molar-refractivity contribution is -0.193. The lowest BCUT2D eigenvalue weighted by Gasteiger charge is -1.07. The SMILES string of the molecule is CC.CC.CC.O=C=O.O=C=O.O=C=O. The summed E-state index contributed by atoms with van der Waals surface area (Å²) in [5.41, 5.74) is 0. The monoisotopic (exact) mass is 222 g/mol. The van der Waals surface area contributed by atoms with Crippen LogP contribution in [0.15, 0.2) is 0 Å². The molecule has 0 rings (SSSR count). The highest BCUT2D eigenvalue weighted by molar-refractivity contribution is 5.20. The van der Waals surface area contributed by atoms with Gasteiger partial charge in [0.05, 0.1) is 0 Å². The summed E-state index contributed by atoms with van der Waals surface area (Å²) in [4.78, 5) is 48.8. The summed E-state index contributed by atoms with van der Waals surface area (Å²) in [5, 5.41) is 0. The van der Waals surface area contributed by atoms with Crippen molar-refractivity contribution < 1.29 is 28.8 Å². The number of carbonyl (C=O) groups excluding carboxylic acids is 6. The van der Waals surface area contributed by atoms with E-state index < -0.39 is 0 Å². The first-order valence-corrected chi connectivity index (χ1v) is 4.22. The highest BCUT2D eigenvalue weighted by Gasteiger charge is 1.14. The molecule has 0 unspecified atom stereocenters. The van der Waals surface area contributed by atoms with E-state index in [1.807, 2.05) is 41.5 Å². The molecule has 0 atom stereocenters. The van der Waals surface area contributed by atoms with E-state index in [9.17, 15) is 0 Å². The van der Waals surface area contributed by atoms with Crippen LogP contribution in [0.2, 0.25) is 0 Å². The Hall–Kier alpha value is -1.86. The summed E-state index contributed by atoms with van der Waals surface area (Å²) < 4.78 is 0. The average molecular weight is 222 g/mol. The first-order valence-electron chi connectivity index (χ1n) is 4.22. The summed E-state index contributed by atoms with van der Waals surface area (Å²) in [6.07, 6.45) is 0.750. The third-order valence-corrected chi connectivity index (χ3v) is 0. The Bertz CT molecular complexity index is 106. The van der Waals surface area contributed by atoms with E-state index in [1.54, 1.807) is 0 Å². The van der Waals surface area contributed by atoms with Gasteiger partial charge in [-0.2, -0.15) is 28.8 Å². The van der Waals surface area contributed by atoms with Crippen LogP contribution in [0, 0.1) is 0 Å². The maximum absolute atomic E-state index is 8.12. The zero-order chi connectivity index (χ0) is 14.1. The largest absolute Gasteiger partial charge is 0.373 e. The van der Waals surface area contributed by atoms with Crippen LogP contribution in [-0.4, -0.2) is 18.5 Å². The van der Waals surface area contributed by atoms with Gasteiger partial charge in [0.1, 0.15) is 0 Å². The van der Waals surface area contributed by atoms with Gasteiger partial charge in [0.15, 0.2) is 0 Å². The van der Waals surface area contributed by atoms with Gasteiger partial charge in [-0.15, -0.1) is 0 Å². The highest BCUT2D eigenvalue weighted by atomic mass is 16.2. The Labute approximate surface area is 89.7 Å². The van der Waals surface area contributed by atoms with Gasteiger partial charge in [-0.1, -0.05) is 41.5 Å². The van der Waals surface area contributed by atoms with Crippen LogP contribution >= 0.6 is 0 Å². The molecule has 0 aromatic heterocycles. The van der Waals surface area contributed by atoms with Crippen molar-refractivity contribution in [2.45, 2.75) is 41.5 Å². The van der Waals surface area contributed by atoms with Crippen LogP contribution in [0.4, 0.5) is 0 Å². The fourth-order valence-corrected chi connectivity index (χ4v) is 0. The van der Waals surface area contributed by atoms with Gasteiger partial charge >= 0.3 is 18.5 Å². The van der Waals surface area contributed by atoms with E-state index in [0.29, 0.717) is 0 Å². The van der Waals surface area contributed by atoms with Crippen molar-refractivity contribution in [2.24, 2.45) is 0 Å². The number of hydrogen-bond donors (Lipinski definition) is 0. The van der Waals surface area contributed by atoms with Gasteiger partial charge < -0.3 is 0 Å². The van der Waals surface area contributed by atoms with Crippen molar-refractivity contribution in [3.8, 4) is 0 Å². The maximum Gasteiger partial charge on any atom is 0.373 e. The number of rotatable bonds is 0. The third kappa shape index (κ3) is 361. The van der Waals surface area contributed by atoms with Crippen LogP contribution in [-0.2, 0) is 28.8 Å². The van der Waals surface area contributed by atoms with Crippen LogP contribution in [0.1, 0.15) is 41.5 Å². The minimum absolute atomic E-state index is 0.250.